The molecule has 4 nitrogen and oxygen atoms in total. The van der Waals surface area contributed by atoms with Crippen molar-refractivity contribution in [2.75, 3.05) is 11.9 Å². The summed E-state index contributed by atoms with van der Waals surface area (Å²) < 4.78 is 0. The maximum Gasteiger partial charge on any atom is 0.158 e. The Morgan fingerprint density at radius 1 is 1.60 bits per heavy atom. The van der Waals surface area contributed by atoms with Crippen LogP contribution in [-0.4, -0.2) is 21.7 Å². The van der Waals surface area contributed by atoms with E-state index in [1.807, 2.05) is 0 Å². The number of hydrogen-bond donors (Lipinski definition) is 2. The lowest BCUT2D eigenvalue weighted by atomic mass is 9.85. The molecule has 0 aliphatic heterocycles. The zero-order chi connectivity index (χ0) is 10.7. The summed E-state index contributed by atoms with van der Waals surface area (Å²) in [5.74, 6) is 1.48. The molecule has 0 bridgehead atoms. The van der Waals surface area contributed by atoms with Gasteiger partial charge in [0.25, 0.3) is 0 Å². The normalized spacial score (nSPS) is 15.7. The van der Waals surface area contributed by atoms with Gasteiger partial charge in [0.05, 0.1) is 11.8 Å². The molecule has 0 amide bonds. The van der Waals surface area contributed by atoms with Gasteiger partial charge >= 0.3 is 0 Å². The predicted octanol–water partition coefficient (Wildman–Crippen LogP) is 1.32. The van der Waals surface area contributed by atoms with Gasteiger partial charge in [-0.15, -0.1) is 5.10 Å². The van der Waals surface area contributed by atoms with Crippen molar-refractivity contribution in [3.8, 4) is 0 Å². The van der Waals surface area contributed by atoms with Gasteiger partial charge in [0, 0.05) is 6.54 Å². The molecule has 0 atom stereocenters. The topological polar surface area (TPSA) is 63.8 Å². The summed E-state index contributed by atoms with van der Waals surface area (Å²) in [6.45, 7) is 0.939. The second-order valence-electron chi connectivity index (χ2n) is 3.84. The minimum atomic E-state index is 0.362. The van der Waals surface area contributed by atoms with Gasteiger partial charge in [-0.3, -0.25) is 0 Å². The molecule has 0 saturated heterocycles. The van der Waals surface area contributed by atoms with Crippen LogP contribution < -0.4 is 11.1 Å². The number of nitrogens with one attached hydrogen (secondary N) is 1. The number of anilines is 1. The van der Waals surface area contributed by atoms with Gasteiger partial charge in [-0.25, -0.2) is 0 Å². The monoisotopic (exact) mass is 222 g/mol. The third-order valence-electron chi connectivity index (χ3n) is 2.77. The van der Waals surface area contributed by atoms with E-state index in [1.165, 1.54) is 19.3 Å². The van der Waals surface area contributed by atoms with Crippen molar-refractivity contribution in [1.82, 2.24) is 10.2 Å². The molecule has 1 aliphatic rings. The Bertz CT molecular complexity index is 362. The van der Waals surface area contributed by atoms with Crippen LogP contribution in [0.1, 0.15) is 24.8 Å². The third-order valence-corrected chi connectivity index (χ3v) is 2.99. The van der Waals surface area contributed by atoms with Gasteiger partial charge < -0.3 is 11.1 Å². The maximum absolute atomic E-state index is 5.59. The van der Waals surface area contributed by atoms with E-state index in [0.29, 0.717) is 10.8 Å². The van der Waals surface area contributed by atoms with E-state index in [4.69, 9.17) is 18.0 Å². The van der Waals surface area contributed by atoms with Crippen molar-refractivity contribution in [1.29, 1.82) is 0 Å². The smallest absolute Gasteiger partial charge is 0.158 e. The van der Waals surface area contributed by atoms with Crippen LogP contribution in [0.3, 0.4) is 0 Å². The lowest BCUT2D eigenvalue weighted by Crippen LogP contribution is -2.23. The Hall–Kier alpha value is -1.23. The second-order valence-corrected chi connectivity index (χ2v) is 4.28. The van der Waals surface area contributed by atoms with E-state index in [0.717, 1.165) is 18.0 Å². The van der Waals surface area contributed by atoms with Crippen molar-refractivity contribution >= 4 is 23.0 Å². The number of hydrogen-bond acceptors (Lipinski definition) is 4. The lowest BCUT2D eigenvalue weighted by molar-refractivity contribution is 0.333. The quantitative estimate of drug-likeness (QED) is 0.752. The molecule has 2 rings (SSSR count). The summed E-state index contributed by atoms with van der Waals surface area (Å²) in [5.41, 5.74) is 6.37. The van der Waals surface area contributed by atoms with Crippen molar-refractivity contribution in [3.63, 3.8) is 0 Å². The first-order chi connectivity index (χ1) is 7.27. The highest BCUT2D eigenvalue weighted by Crippen LogP contribution is 2.26. The lowest BCUT2D eigenvalue weighted by Gasteiger charge is -2.25. The highest BCUT2D eigenvalue weighted by molar-refractivity contribution is 7.80. The summed E-state index contributed by atoms with van der Waals surface area (Å²) in [6.07, 6.45) is 5.54. The first-order valence-electron chi connectivity index (χ1n) is 5.12. The van der Waals surface area contributed by atoms with E-state index >= 15 is 0 Å². The van der Waals surface area contributed by atoms with Crippen molar-refractivity contribution in [2.24, 2.45) is 11.7 Å². The molecular weight excluding hydrogens is 208 g/mol. The molecule has 1 saturated carbocycles. The Morgan fingerprint density at radius 2 is 2.40 bits per heavy atom. The minimum absolute atomic E-state index is 0.362. The molecular formula is C10H14N4S. The molecule has 1 heterocycles. The number of thiocarbonyl (C=S) groups is 1. The average molecular weight is 222 g/mol. The van der Waals surface area contributed by atoms with E-state index in [2.05, 4.69) is 15.5 Å². The van der Waals surface area contributed by atoms with Gasteiger partial charge in [-0.1, -0.05) is 18.6 Å². The molecule has 0 unspecified atom stereocenters. The van der Waals surface area contributed by atoms with Crippen LogP contribution in [-0.2, 0) is 0 Å². The van der Waals surface area contributed by atoms with Gasteiger partial charge in [-0.2, -0.15) is 5.10 Å². The summed E-state index contributed by atoms with van der Waals surface area (Å²) in [5, 5.41) is 11.1. The van der Waals surface area contributed by atoms with Crippen LogP contribution in [0, 0.1) is 5.92 Å². The predicted molar refractivity (Wildman–Crippen MR) is 63.8 cm³/mol. The van der Waals surface area contributed by atoms with Crippen LogP contribution in [0.4, 0.5) is 5.82 Å². The highest BCUT2D eigenvalue weighted by atomic mass is 32.1. The molecule has 0 spiro atoms. The standard InChI is InChI=1S/C10H14N4S/c11-9(15)8-4-5-13-14-10(8)12-6-7-2-1-3-7/h4-5,7H,1-3,6H2,(H2,11,15)(H,12,14). The van der Waals surface area contributed by atoms with E-state index in [-0.39, 0.29) is 0 Å². The van der Waals surface area contributed by atoms with Crippen LogP contribution in [0.5, 0.6) is 0 Å². The zero-order valence-electron chi connectivity index (χ0n) is 8.44. The summed E-state index contributed by atoms with van der Waals surface area (Å²) in [4.78, 5) is 0.362. The van der Waals surface area contributed by atoms with E-state index in [9.17, 15) is 0 Å². The first-order valence-corrected chi connectivity index (χ1v) is 5.53. The average Bonchev–Trinajstić information content (AvgIpc) is 2.16. The zero-order valence-corrected chi connectivity index (χ0v) is 9.26. The van der Waals surface area contributed by atoms with Gasteiger partial charge in [-0.05, 0) is 24.8 Å². The maximum atomic E-state index is 5.59. The molecule has 5 heteroatoms. The number of rotatable bonds is 4. The Morgan fingerprint density at radius 3 is 3.00 bits per heavy atom. The van der Waals surface area contributed by atoms with Crippen LogP contribution in [0.2, 0.25) is 0 Å². The number of nitrogens with two attached hydrogens (primary N) is 1. The summed E-state index contributed by atoms with van der Waals surface area (Å²) in [7, 11) is 0. The van der Waals surface area contributed by atoms with Crippen molar-refractivity contribution in [3.05, 3.63) is 17.8 Å². The minimum Gasteiger partial charge on any atom is -0.389 e. The molecule has 1 aliphatic carbocycles. The summed E-state index contributed by atoms with van der Waals surface area (Å²) in [6, 6.07) is 1.79. The molecule has 0 aromatic carbocycles. The Balaban J connectivity index is 2.02. The fourth-order valence-corrected chi connectivity index (χ4v) is 1.76. The van der Waals surface area contributed by atoms with Gasteiger partial charge in [0.2, 0.25) is 0 Å². The molecule has 1 aromatic rings. The third kappa shape index (κ3) is 2.41. The van der Waals surface area contributed by atoms with E-state index in [1.54, 1.807) is 12.3 Å². The van der Waals surface area contributed by atoms with Crippen LogP contribution in [0.15, 0.2) is 12.3 Å². The molecule has 15 heavy (non-hydrogen) atoms. The van der Waals surface area contributed by atoms with Gasteiger partial charge in [0.1, 0.15) is 4.99 Å². The Labute approximate surface area is 94.3 Å². The molecule has 0 radical (unpaired) electrons. The number of aromatic nitrogens is 2. The molecule has 80 valence electrons. The van der Waals surface area contributed by atoms with E-state index < -0.39 is 0 Å². The molecule has 1 fully saturated rings. The first kappa shape index (κ1) is 10.3. The fraction of sp³-hybridized carbons (Fsp3) is 0.500. The highest BCUT2D eigenvalue weighted by Gasteiger charge is 2.17. The fourth-order valence-electron chi connectivity index (χ4n) is 1.60. The largest absolute Gasteiger partial charge is 0.389 e. The SMILES string of the molecule is NC(=S)c1ccnnc1NCC1CCC1. The van der Waals surface area contributed by atoms with Gasteiger partial charge in [0.15, 0.2) is 5.82 Å². The molecule has 3 N–H and O–H groups in total. The Kier molecular flexibility index (Phi) is 3.11. The van der Waals surface area contributed by atoms with Crippen molar-refractivity contribution < 1.29 is 0 Å². The molecule has 1 aromatic heterocycles. The van der Waals surface area contributed by atoms with Crippen LogP contribution >= 0.6 is 12.2 Å². The summed E-state index contributed by atoms with van der Waals surface area (Å²) >= 11 is 4.94. The van der Waals surface area contributed by atoms with Crippen molar-refractivity contribution in [2.45, 2.75) is 19.3 Å². The number of nitrogens with zero attached hydrogens (tertiary/aromatic N) is 2. The second kappa shape index (κ2) is 4.53. The van der Waals surface area contributed by atoms with Crippen LogP contribution in [0.25, 0.3) is 0 Å².